The highest BCUT2D eigenvalue weighted by Gasteiger charge is 2.38. The van der Waals surface area contributed by atoms with E-state index in [9.17, 15) is 18.7 Å². The second-order valence-electron chi connectivity index (χ2n) is 6.38. The van der Waals surface area contributed by atoms with Crippen molar-refractivity contribution in [2.75, 3.05) is 13.2 Å². The summed E-state index contributed by atoms with van der Waals surface area (Å²) in [6.07, 6.45) is -0.00809. The van der Waals surface area contributed by atoms with E-state index in [0.717, 1.165) is 6.07 Å². The van der Waals surface area contributed by atoms with E-state index >= 15 is 0 Å². The van der Waals surface area contributed by atoms with Crippen LogP contribution in [-0.4, -0.2) is 30.3 Å². The Morgan fingerprint density at radius 1 is 1.35 bits per heavy atom. The van der Waals surface area contributed by atoms with Gasteiger partial charge in [-0.05, 0) is 24.8 Å². The third kappa shape index (κ3) is 4.26. The van der Waals surface area contributed by atoms with Gasteiger partial charge >= 0.3 is 0 Å². The van der Waals surface area contributed by atoms with Crippen molar-refractivity contribution in [1.29, 1.82) is 0 Å². The largest absolute Gasteiger partial charge is 0.392 e. The highest BCUT2D eigenvalue weighted by molar-refractivity contribution is 5.77. The molecule has 4 nitrogen and oxygen atoms in total. The molecule has 1 unspecified atom stereocenters. The van der Waals surface area contributed by atoms with E-state index in [4.69, 9.17) is 4.74 Å². The lowest BCUT2D eigenvalue weighted by Gasteiger charge is -2.39. The van der Waals surface area contributed by atoms with E-state index in [-0.39, 0.29) is 23.8 Å². The first kappa shape index (κ1) is 17.8. The quantitative estimate of drug-likeness (QED) is 0.873. The van der Waals surface area contributed by atoms with Gasteiger partial charge in [-0.15, -0.1) is 0 Å². The first-order valence-corrected chi connectivity index (χ1v) is 7.86. The number of halogens is 2. The maximum absolute atomic E-state index is 14.2. The van der Waals surface area contributed by atoms with E-state index < -0.39 is 23.3 Å². The Labute approximate surface area is 134 Å². The van der Waals surface area contributed by atoms with E-state index in [1.807, 2.05) is 13.8 Å². The zero-order chi connectivity index (χ0) is 17.0. The molecule has 23 heavy (non-hydrogen) atoms. The Bertz CT molecular complexity index is 557. The van der Waals surface area contributed by atoms with Crippen molar-refractivity contribution in [2.45, 2.75) is 44.8 Å². The Morgan fingerprint density at radius 2 is 2.00 bits per heavy atom. The number of benzene rings is 1. The molecule has 0 saturated carbocycles. The maximum Gasteiger partial charge on any atom is 0.223 e. The van der Waals surface area contributed by atoms with Crippen molar-refractivity contribution in [2.24, 2.45) is 5.92 Å². The number of aliphatic hydroxyl groups excluding tert-OH is 1. The standard InChI is InChI=1S/C17H23F2NO3/c1-11(2)15(21)10-16(22)20-17(5-7-23-8-6-17)13-4-3-12(18)9-14(13)19/h3-4,9,11,15,21H,5-8,10H2,1-2H3,(H,20,22). The van der Waals surface area contributed by atoms with Gasteiger partial charge in [0.25, 0.3) is 0 Å². The van der Waals surface area contributed by atoms with Gasteiger partial charge in [0, 0.05) is 24.8 Å². The van der Waals surface area contributed by atoms with Crippen LogP contribution >= 0.6 is 0 Å². The molecule has 1 amide bonds. The number of carbonyl (C=O) groups excluding carboxylic acids is 1. The third-order valence-corrected chi connectivity index (χ3v) is 4.34. The van der Waals surface area contributed by atoms with Gasteiger partial charge in [0.15, 0.2) is 0 Å². The van der Waals surface area contributed by atoms with Crippen LogP contribution in [0.15, 0.2) is 18.2 Å². The van der Waals surface area contributed by atoms with Crippen molar-refractivity contribution in [1.82, 2.24) is 5.32 Å². The fourth-order valence-electron chi connectivity index (χ4n) is 2.80. The van der Waals surface area contributed by atoms with Crippen LogP contribution in [-0.2, 0) is 15.1 Å². The van der Waals surface area contributed by atoms with Gasteiger partial charge in [-0.1, -0.05) is 19.9 Å². The number of carbonyl (C=O) groups is 1. The molecule has 0 spiro atoms. The van der Waals surface area contributed by atoms with E-state index in [0.29, 0.717) is 26.1 Å². The molecule has 1 atom stereocenters. The summed E-state index contributed by atoms with van der Waals surface area (Å²) in [6.45, 7) is 4.40. The number of nitrogens with one attached hydrogen (secondary N) is 1. The number of amides is 1. The average molecular weight is 327 g/mol. The van der Waals surface area contributed by atoms with Crippen molar-refractivity contribution in [3.63, 3.8) is 0 Å². The predicted octanol–water partition coefficient (Wildman–Crippen LogP) is 2.49. The van der Waals surface area contributed by atoms with Crippen LogP contribution in [0.3, 0.4) is 0 Å². The van der Waals surface area contributed by atoms with E-state index in [2.05, 4.69) is 5.32 Å². The predicted molar refractivity (Wildman–Crippen MR) is 81.7 cm³/mol. The molecule has 1 fully saturated rings. The average Bonchev–Trinajstić information content (AvgIpc) is 2.47. The first-order chi connectivity index (χ1) is 10.8. The molecule has 0 aliphatic carbocycles. The van der Waals surface area contributed by atoms with E-state index in [1.54, 1.807) is 0 Å². The summed E-state index contributed by atoms with van der Waals surface area (Å²) in [6, 6.07) is 3.38. The second kappa shape index (κ2) is 7.36. The molecule has 0 aromatic heterocycles. The number of rotatable bonds is 5. The molecule has 6 heteroatoms. The van der Waals surface area contributed by atoms with Crippen LogP contribution in [0, 0.1) is 17.6 Å². The highest BCUT2D eigenvalue weighted by atomic mass is 19.1. The molecule has 0 bridgehead atoms. The Balaban J connectivity index is 2.24. The highest BCUT2D eigenvalue weighted by Crippen LogP contribution is 2.34. The zero-order valence-corrected chi connectivity index (χ0v) is 13.4. The summed E-state index contributed by atoms with van der Waals surface area (Å²) in [5.41, 5.74) is -0.668. The topological polar surface area (TPSA) is 58.6 Å². The van der Waals surface area contributed by atoms with Gasteiger partial charge in [-0.3, -0.25) is 4.79 Å². The lowest BCUT2D eigenvalue weighted by Crippen LogP contribution is -2.50. The van der Waals surface area contributed by atoms with Crippen molar-refractivity contribution in [3.05, 3.63) is 35.4 Å². The smallest absolute Gasteiger partial charge is 0.223 e. The van der Waals surface area contributed by atoms with Gasteiger partial charge < -0.3 is 15.2 Å². The number of hydrogen-bond acceptors (Lipinski definition) is 3. The Morgan fingerprint density at radius 3 is 2.57 bits per heavy atom. The van der Waals surface area contributed by atoms with Crippen LogP contribution < -0.4 is 5.32 Å². The zero-order valence-electron chi connectivity index (χ0n) is 13.4. The minimum Gasteiger partial charge on any atom is -0.392 e. The normalized spacial score (nSPS) is 18.7. The lowest BCUT2D eigenvalue weighted by atomic mass is 9.82. The molecule has 1 aromatic carbocycles. The lowest BCUT2D eigenvalue weighted by molar-refractivity contribution is -0.127. The van der Waals surface area contributed by atoms with Crippen LogP contribution in [0.2, 0.25) is 0 Å². The molecule has 1 heterocycles. The summed E-state index contributed by atoms with van der Waals surface area (Å²) in [7, 11) is 0. The molecule has 1 aliphatic rings. The number of ether oxygens (including phenoxy) is 1. The van der Waals surface area contributed by atoms with Gasteiger partial charge in [0.2, 0.25) is 5.91 Å². The summed E-state index contributed by atoms with van der Waals surface area (Å²) < 4.78 is 32.7. The Kier molecular flexibility index (Phi) is 5.70. The van der Waals surface area contributed by atoms with Gasteiger partial charge in [0.1, 0.15) is 11.6 Å². The molecule has 1 aliphatic heterocycles. The SMILES string of the molecule is CC(C)C(O)CC(=O)NC1(c2ccc(F)cc2F)CCOCC1. The maximum atomic E-state index is 14.2. The number of aliphatic hydroxyl groups is 1. The molecule has 1 aromatic rings. The molecule has 2 rings (SSSR count). The molecule has 1 saturated heterocycles. The number of hydrogen-bond donors (Lipinski definition) is 2. The summed E-state index contributed by atoms with van der Waals surface area (Å²) >= 11 is 0. The molecular formula is C17H23F2NO3. The van der Waals surface area contributed by atoms with Gasteiger partial charge in [-0.25, -0.2) is 8.78 Å². The first-order valence-electron chi connectivity index (χ1n) is 7.86. The van der Waals surface area contributed by atoms with Crippen LogP contribution in [0.25, 0.3) is 0 Å². The molecule has 2 N–H and O–H groups in total. The van der Waals surface area contributed by atoms with Crippen molar-refractivity contribution in [3.8, 4) is 0 Å². The van der Waals surface area contributed by atoms with Crippen LogP contribution in [0.4, 0.5) is 8.78 Å². The van der Waals surface area contributed by atoms with Gasteiger partial charge in [-0.2, -0.15) is 0 Å². The summed E-state index contributed by atoms with van der Waals surface area (Å²) in [5.74, 6) is -1.74. The molecular weight excluding hydrogens is 304 g/mol. The third-order valence-electron chi connectivity index (χ3n) is 4.34. The van der Waals surface area contributed by atoms with Gasteiger partial charge in [0.05, 0.1) is 18.1 Å². The molecule has 0 radical (unpaired) electrons. The minimum absolute atomic E-state index is 0.0473. The molecule has 128 valence electrons. The van der Waals surface area contributed by atoms with Crippen molar-refractivity contribution < 1.29 is 23.4 Å². The second-order valence-corrected chi connectivity index (χ2v) is 6.38. The summed E-state index contributed by atoms with van der Waals surface area (Å²) in [5, 5.41) is 12.7. The van der Waals surface area contributed by atoms with E-state index in [1.165, 1.54) is 12.1 Å². The fraction of sp³-hybridized carbons (Fsp3) is 0.588. The minimum atomic E-state index is -0.927. The Hall–Kier alpha value is -1.53. The van der Waals surface area contributed by atoms with Crippen LogP contribution in [0.1, 0.15) is 38.7 Å². The monoisotopic (exact) mass is 327 g/mol. The van der Waals surface area contributed by atoms with Crippen LogP contribution in [0.5, 0.6) is 0 Å². The fourth-order valence-corrected chi connectivity index (χ4v) is 2.80. The van der Waals surface area contributed by atoms with Crippen molar-refractivity contribution >= 4 is 5.91 Å². The summed E-state index contributed by atoms with van der Waals surface area (Å²) in [4.78, 5) is 12.3.